The van der Waals surface area contributed by atoms with Gasteiger partial charge < -0.3 is 0 Å². The summed E-state index contributed by atoms with van der Waals surface area (Å²) >= 11 is 0. The van der Waals surface area contributed by atoms with Crippen LogP contribution in [0.15, 0.2) is 22.9 Å². The Morgan fingerprint density at radius 3 is 2.00 bits per heavy atom. The van der Waals surface area contributed by atoms with Crippen LogP contribution in [0.3, 0.4) is 0 Å². The Hall–Kier alpha value is -0.0862. The van der Waals surface area contributed by atoms with E-state index in [-0.39, 0.29) is 0 Å². The van der Waals surface area contributed by atoms with Crippen molar-refractivity contribution in [3.05, 3.63) is 22.9 Å². The molecule has 86 valence electrons. The van der Waals surface area contributed by atoms with Gasteiger partial charge in [0, 0.05) is 0 Å². The van der Waals surface area contributed by atoms with Gasteiger partial charge in [-0.3, -0.25) is 0 Å². The van der Waals surface area contributed by atoms with Gasteiger partial charge in [-0.1, -0.05) is 62.2 Å². The SMILES string of the molecule is CC1=C([Si](C)(C)C)CC=CC1[Si](C)(C)C. The molecule has 0 N–H and O–H groups in total. The normalized spacial score (nSPS) is 23.5. The van der Waals surface area contributed by atoms with Gasteiger partial charge in [0.1, 0.15) is 0 Å². The second-order valence-electron chi connectivity index (χ2n) is 6.89. The van der Waals surface area contributed by atoms with E-state index in [1.54, 1.807) is 10.8 Å². The van der Waals surface area contributed by atoms with Gasteiger partial charge in [-0.15, -0.1) is 0 Å². The summed E-state index contributed by atoms with van der Waals surface area (Å²) in [6.45, 7) is 17.3. The average molecular weight is 239 g/mol. The molecule has 0 amide bonds. The van der Waals surface area contributed by atoms with Gasteiger partial charge in [0.2, 0.25) is 0 Å². The van der Waals surface area contributed by atoms with E-state index in [1.165, 1.54) is 6.42 Å². The van der Waals surface area contributed by atoms with Gasteiger partial charge in [-0.25, -0.2) is 0 Å². The van der Waals surface area contributed by atoms with Crippen molar-refractivity contribution in [3.8, 4) is 0 Å². The summed E-state index contributed by atoms with van der Waals surface area (Å²) in [6.07, 6.45) is 6.12. The summed E-state index contributed by atoms with van der Waals surface area (Å²) in [5, 5.41) is 1.80. The molecule has 0 saturated heterocycles. The molecule has 0 spiro atoms. The second-order valence-corrected chi connectivity index (χ2v) is 17.3. The minimum atomic E-state index is -1.09. The van der Waals surface area contributed by atoms with Gasteiger partial charge in [-0.05, 0) is 18.9 Å². The molecule has 1 aliphatic rings. The molecule has 0 bridgehead atoms. The minimum Gasteiger partial charge on any atom is -0.0845 e. The van der Waals surface area contributed by atoms with Crippen molar-refractivity contribution < 1.29 is 0 Å². The third-order valence-electron chi connectivity index (χ3n) is 3.43. The maximum atomic E-state index is 2.48. The van der Waals surface area contributed by atoms with E-state index >= 15 is 0 Å². The fraction of sp³-hybridized carbons (Fsp3) is 0.692. The average Bonchev–Trinajstić information content (AvgIpc) is 1.99. The van der Waals surface area contributed by atoms with E-state index in [9.17, 15) is 0 Å². The summed E-state index contributed by atoms with van der Waals surface area (Å²) in [5.74, 6) is 0. The first-order valence-corrected chi connectivity index (χ1v) is 13.1. The van der Waals surface area contributed by atoms with Crippen LogP contribution < -0.4 is 0 Å². The van der Waals surface area contributed by atoms with Gasteiger partial charge in [0.25, 0.3) is 0 Å². The Bertz CT molecular complexity index is 297. The maximum absolute atomic E-state index is 2.48. The Balaban J connectivity index is 3.10. The lowest BCUT2D eigenvalue weighted by Gasteiger charge is -2.35. The maximum Gasteiger partial charge on any atom is 0.0727 e. The summed E-state index contributed by atoms with van der Waals surface area (Å²) in [6, 6.07) is 0. The van der Waals surface area contributed by atoms with Crippen LogP contribution in [0.25, 0.3) is 0 Å². The Labute approximate surface area is 97.5 Å². The lowest BCUT2D eigenvalue weighted by atomic mass is 10.1. The summed E-state index contributed by atoms with van der Waals surface area (Å²) < 4.78 is 0. The first-order valence-electron chi connectivity index (χ1n) is 6.01. The zero-order valence-corrected chi connectivity index (χ0v) is 13.4. The van der Waals surface area contributed by atoms with Crippen LogP contribution in [-0.4, -0.2) is 16.1 Å². The zero-order valence-electron chi connectivity index (χ0n) is 11.4. The quantitative estimate of drug-likeness (QED) is 0.476. The fourth-order valence-electron chi connectivity index (χ4n) is 2.65. The van der Waals surface area contributed by atoms with Crippen molar-refractivity contribution >= 4 is 16.1 Å². The van der Waals surface area contributed by atoms with Crippen molar-refractivity contribution in [2.24, 2.45) is 0 Å². The van der Waals surface area contributed by atoms with E-state index in [0.29, 0.717) is 0 Å². The molecule has 1 rings (SSSR count). The highest BCUT2D eigenvalue weighted by atomic mass is 28.3. The molecule has 0 aromatic heterocycles. The van der Waals surface area contributed by atoms with Crippen LogP contribution in [-0.2, 0) is 0 Å². The molecule has 0 fully saturated rings. The molecular weight excluding hydrogens is 212 g/mol. The highest BCUT2D eigenvalue weighted by Gasteiger charge is 2.32. The largest absolute Gasteiger partial charge is 0.0845 e. The van der Waals surface area contributed by atoms with Gasteiger partial charge in [0.15, 0.2) is 0 Å². The van der Waals surface area contributed by atoms with Crippen molar-refractivity contribution in [2.45, 2.75) is 58.2 Å². The summed E-state index contributed by atoms with van der Waals surface area (Å²) in [5.41, 5.74) is 2.50. The molecule has 0 aromatic carbocycles. The van der Waals surface area contributed by atoms with E-state index in [0.717, 1.165) is 5.54 Å². The third kappa shape index (κ3) is 2.94. The molecule has 1 unspecified atom stereocenters. The van der Waals surface area contributed by atoms with Gasteiger partial charge >= 0.3 is 0 Å². The van der Waals surface area contributed by atoms with Crippen molar-refractivity contribution in [1.82, 2.24) is 0 Å². The van der Waals surface area contributed by atoms with Gasteiger partial charge in [-0.2, -0.15) is 0 Å². The highest BCUT2D eigenvalue weighted by Crippen LogP contribution is 2.39. The fourth-order valence-corrected chi connectivity index (χ4v) is 7.05. The standard InChI is InChI=1S/C13H26Si2/c1-11-12(14(2,3)4)9-8-10-13(11)15(5,6)7/h8-9,12H,10H2,1-7H3. The van der Waals surface area contributed by atoms with Crippen LogP contribution in [0.4, 0.5) is 0 Å². The van der Waals surface area contributed by atoms with Crippen molar-refractivity contribution in [3.63, 3.8) is 0 Å². The van der Waals surface area contributed by atoms with Crippen LogP contribution in [0, 0.1) is 0 Å². The van der Waals surface area contributed by atoms with Crippen molar-refractivity contribution in [1.29, 1.82) is 0 Å². The molecule has 1 atom stereocenters. The Morgan fingerprint density at radius 1 is 1.07 bits per heavy atom. The predicted octanol–water partition coefficient (Wildman–Crippen LogP) is 4.85. The third-order valence-corrected chi connectivity index (χ3v) is 8.33. The smallest absolute Gasteiger partial charge is 0.0727 e. The summed E-state index contributed by atoms with van der Waals surface area (Å²) in [4.78, 5) is 0. The molecule has 0 heterocycles. The van der Waals surface area contributed by atoms with E-state index in [4.69, 9.17) is 0 Å². The molecule has 0 radical (unpaired) electrons. The van der Waals surface area contributed by atoms with Crippen molar-refractivity contribution in [2.75, 3.05) is 0 Å². The highest BCUT2D eigenvalue weighted by molar-refractivity contribution is 6.84. The molecule has 0 aromatic rings. The number of hydrogen-bond donors (Lipinski definition) is 0. The van der Waals surface area contributed by atoms with Crippen LogP contribution in [0.2, 0.25) is 44.8 Å². The number of allylic oxidation sites excluding steroid dienone is 4. The van der Waals surface area contributed by atoms with E-state index in [1.807, 2.05) is 0 Å². The van der Waals surface area contributed by atoms with Crippen LogP contribution in [0.5, 0.6) is 0 Å². The topological polar surface area (TPSA) is 0 Å². The minimum absolute atomic E-state index is 0.785. The monoisotopic (exact) mass is 238 g/mol. The molecule has 1 aliphatic carbocycles. The lowest BCUT2D eigenvalue weighted by Crippen LogP contribution is -2.33. The predicted molar refractivity (Wildman–Crippen MR) is 76.9 cm³/mol. The zero-order chi connectivity index (χ0) is 11.9. The van der Waals surface area contributed by atoms with E-state index in [2.05, 4.69) is 58.4 Å². The number of rotatable bonds is 2. The molecule has 15 heavy (non-hydrogen) atoms. The Morgan fingerprint density at radius 2 is 1.60 bits per heavy atom. The first kappa shape index (κ1) is 13.0. The number of hydrogen-bond acceptors (Lipinski definition) is 0. The summed E-state index contributed by atoms with van der Waals surface area (Å²) in [7, 11) is -2.15. The Kier molecular flexibility index (Phi) is 3.51. The van der Waals surface area contributed by atoms with Crippen LogP contribution in [0.1, 0.15) is 13.3 Å². The lowest BCUT2D eigenvalue weighted by molar-refractivity contribution is 1.04. The van der Waals surface area contributed by atoms with Gasteiger partial charge in [0.05, 0.1) is 16.1 Å². The first-order chi connectivity index (χ1) is 6.64. The van der Waals surface area contributed by atoms with Crippen LogP contribution >= 0.6 is 0 Å². The molecule has 0 saturated carbocycles. The molecular formula is C13H26Si2. The van der Waals surface area contributed by atoms with E-state index < -0.39 is 16.1 Å². The molecule has 2 heteroatoms. The molecule has 0 nitrogen and oxygen atoms in total. The molecule has 0 aliphatic heterocycles. The second kappa shape index (κ2) is 4.06.